The predicted molar refractivity (Wildman–Crippen MR) is 200 cm³/mol. The Morgan fingerprint density at radius 3 is 2.25 bits per heavy atom. The maximum Gasteiger partial charge on any atom is 0.339 e. The number of para-hydroxylation sites is 1. The molecule has 0 amide bonds. The number of methoxy groups -OCH3 is 2. The largest absolute Gasteiger partial charge is 0.493 e. The molecule has 1 unspecified atom stereocenters. The zero-order valence-corrected chi connectivity index (χ0v) is 31.4. The van der Waals surface area contributed by atoms with E-state index in [1.807, 2.05) is 49.4 Å². The Morgan fingerprint density at radius 2 is 1.56 bits per heavy atom. The molecule has 4 aromatic carbocycles. The van der Waals surface area contributed by atoms with Crippen LogP contribution in [0.5, 0.6) is 23.0 Å². The summed E-state index contributed by atoms with van der Waals surface area (Å²) >= 11 is 0. The first-order valence-corrected chi connectivity index (χ1v) is 19.4. The minimum Gasteiger partial charge on any atom is -0.493 e. The first-order valence-electron chi connectivity index (χ1n) is 18.0. The van der Waals surface area contributed by atoms with Gasteiger partial charge in [0.05, 0.1) is 20.8 Å². The molecule has 10 heteroatoms. The van der Waals surface area contributed by atoms with Gasteiger partial charge < -0.3 is 28.0 Å². The summed E-state index contributed by atoms with van der Waals surface area (Å²) in [4.78, 5) is 16.5. The number of benzene rings is 4. The van der Waals surface area contributed by atoms with Gasteiger partial charge in [-0.3, -0.25) is 4.79 Å². The van der Waals surface area contributed by atoms with E-state index < -0.39 is 15.5 Å². The highest BCUT2D eigenvalue weighted by molar-refractivity contribution is 7.87. The van der Waals surface area contributed by atoms with Crippen LogP contribution in [0.1, 0.15) is 61.3 Å². The molecule has 0 N–H and O–H groups in total. The Balaban J connectivity index is 1.22. The Morgan fingerprint density at radius 1 is 0.865 bits per heavy atom. The lowest BCUT2D eigenvalue weighted by molar-refractivity contribution is -0.138. The smallest absolute Gasteiger partial charge is 0.339 e. The van der Waals surface area contributed by atoms with Crippen molar-refractivity contribution in [1.29, 1.82) is 0 Å². The number of likely N-dealkylation sites (tertiary alicyclic amines) is 1. The third kappa shape index (κ3) is 8.14. The summed E-state index contributed by atoms with van der Waals surface area (Å²) in [5, 5.41) is 0. The second kappa shape index (κ2) is 16.1. The summed E-state index contributed by atoms with van der Waals surface area (Å²) in [5.74, 6) is 0.556. The lowest BCUT2D eigenvalue weighted by Crippen LogP contribution is -2.46. The van der Waals surface area contributed by atoms with Crippen LogP contribution in [0.15, 0.2) is 95.9 Å². The molecule has 0 aliphatic carbocycles. The molecular formula is C42H49NO8S. The lowest BCUT2D eigenvalue weighted by atomic mass is 9.72. The summed E-state index contributed by atoms with van der Waals surface area (Å²) in [6.45, 7) is 8.07. The fourth-order valence-corrected chi connectivity index (χ4v) is 8.60. The van der Waals surface area contributed by atoms with E-state index in [0.717, 1.165) is 55.5 Å². The predicted octanol–water partition coefficient (Wildman–Crippen LogP) is 7.67. The number of hydrogen-bond acceptors (Lipinski definition) is 9. The van der Waals surface area contributed by atoms with Gasteiger partial charge >= 0.3 is 16.1 Å². The molecule has 52 heavy (non-hydrogen) atoms. The highest BCUT2D eigenvalue weighted by Gasteiger charge is 2.49. The molecule has 2 aliphatic heterocycles. The Hall–Kier alpha value is -4.38. The van der Waals surface area contributed by atoms with Gasteiger partial charge in [-0.2, -0.15) is 8.42 Å². The summed E-state index contributed by atoms with van der Waals surface area (Å²) in [6, 6.07) is 27.7. The van der Waals surface area contributed by atoms with E-state index in [2.05, 4.69) is 24.0 Å². The first kappa shape index (κ1) is 37.4. The Bertz CT molecular complexity index is 1920. The quantitative estimate of drug-likeness (QED) is 0.0498. The van der Waals surface area contributed by atoms with E-state index in [-0.39, 0.29) is 33.5 Å². The molecule has 2 heterocycles. The van der Waals surface area contributed by atoms with Gasteiger partial charge in [-0.25, -0.2) is 0 Å². The number of carbonyl (C=O) groups excluding carboxylic acids is 1. The van der Waals surface area contributed by atoms with Crippen LogP contribution in [0.2, 0.25) is 0 Å². The molecule has 0 aromatic heterocycles. The van der Waals surface area contributed by atoms with Crippen LogP contribution >= 0.6 is 0 Å². The second-order valence-corrected chi connectivity index (χ2v) is 15.6. The topological polar surface area (TPSA) is 101 Å². The molecule has 6 rings (SSSR count). The summed E-state index contributed by atoms with van der Waals surface area (Å²) in [6.07, 6.45) is 5.11. The first-order chi connectivity index (χ1) is 25.1. The zero-order valence-electron chi connectivity index (χ0n) is 30.6. The highest BCUT2D eigenvalue weighted by Crippen LogP contribution is 2.48. The minimum atomic E-state index is -4.19. The van der Waals surface area contributed by atoms with Crippen LogP contribution in [-0.4, -0.2) is 59.7 Å². The van der Waals surface area contributed by atoms with Crippen LogP contribution in [0.3, 0.4) is 0 Å². The van der Waals surface area contributed by atoms with Crippen LogP contribution in [0.4, 0.5) is 0 Å². The normalized spacial score (nSPS) is 20.3. The fraction of sp³-hybridized carbons (Fsp3) is 0.405. The molecule has 4 aromatic rings. The minimum absolute atomic E-state index is 0.0139. The van der Waals surface area contributed by atoms with Crippen LogP contribution < -0.4 is 18.4 Å². The molecule has 0 radical (unpaired) electrons. The molecule has 1 saturated heterocycles. The monoisotopic (exact) mass is 727 g/mol. The average Bonchev–Trinajstić information content (AvgIpc) is 3.43. The molecule has 2 aliphatic rings. The summed E-state index contributed by atoms with van der Waals surface area (Å²) in [7, 11) is -1.30. The SMILES string of the molecule is CCC1(CCOCc2ccccc2)CCCN(CC[C@]2(Cc3cc(OC)c(OS(=O)(=O)c4ccc(C)cc4)c(OC)c3)C(=O)Oc3ccccc32)C1. The maximum absolute atomic E-state index is 14.0. The van der Waals surface area contributed by atoms with Crippen molar-refractivity contribution in [3.8, 4) is 23.0 Å². The number of hydrogen-bond donors (Lipinski definition) is 0. The molecule has 0 saturated carbocycles. The number of aryl methyl sites for hydroxylation is 1. The number of ether oxygens (including phenoxy) is 4. The van der Waals surface area contributed by atoms with Gasteiger partial charge in [-0.15, -0.1) is 0 Å². The van der Waals surface area contributed by atoms with Gasteiger partial charge in [-0.1, -0.05) is 73.2 Å². The summed E-state index contributed by atoms with van der Waals surface area (Å²) < 4.78 is 55.6. The lowest BCUT2D eigenvalue weighted by Gasteiger charge is -2.43. The highest BCUT2D eigenvalue weighted by atomic mass is 32.2. The van der Waals surface area contributed by atoms with Crippen LogP contribution in [-0.2, 0) is 38.1 Å². The van der Waals surface area contributed by atoms with Crippen molar-refractivity contribution >= 4 is 16.1 Å². The molecule has 1 fully saturated rings. The van der Waals surface area contributed by atoms with E-state index in [0.29, 0.717) is 38.3 Å². The van der Waals surface area contributed by atoms with Crippen molar-refractivity contribution in [2.24, 2.45) is 5.41 Å². The number of esters is 1. The number of nitrogens with zero attached hydrogens (tertiary/aromatic N) is 1. The zero-order chi connectivity index (χ0) is 36.8. The third-order valence-corrected chi connectivity index (χ3v) is 12.0. The van der Waals surface area contributed by atoms with Crippen LogP contribution in [0, 0.1) is 12.3 Å². The molecular weight excluding hydrogens is 679 g/mol. The van der Waals surface area contributed by atoms with Gasteiger partial charge in [-0.05, 0) is 105 Å². The van der Waals surface area contributed by atoms with Crippen molar-refractivity contribution in [1.82, 2.24) is 4.90 Å². The van der Waals surface area contributed by atoms with E-state index in [1.54, 1.807) is 24.3 Å². The molecule has 9 nitrogen and oxygen atoms in total. The maximum atomic E-state index is 14.0. The number of carbonyl (C=O) groups is 1. The molecule has 0 spiro atoms. The number of fused-ring (bicyclic) bond motifs is 1. The number of piperidine rings is 1. The average molecular weight is 728 g/mol. The van der Waals surface area contributed by atoms with Crippen molar-refractivity contribution in [2.75, 3.05) is 40.5 Å². The Kier molecular flexibility index (Phi) is 11.6. The molecule has 276 valence electrons. The van der Waals surface area contributed by atoms with Gasteiger partial charge in [0.2, 0.25) is 5.75 Å². The van der Waals surface area contributed by atoms with Crippen LogP contribution in [0.25, 0.3) is 0 Å². The molecule has 0 bridgehead atoms. The number of rotatable bonds is 16. The van der Waals surface area contributed by atoms with Crippen molar-refractivity contribution < 1.29 is 36.3 Å². The van der Waals surface area contributed by atoms with E-state index in [9.17, 15) is 13.2 Å². The van der Waals surface area contributed by atoms with Gasteiger partial charge in [0.1, 0.15) is 16.1 Å². The van der Waals surface area contributed by atoms with E-state index in [4.69, 9.17) is 23.1 Å². The van der Waals surface area contributed by atoms with Crippen molar-refractivity contribution in [2.45, 2.75) is 69.3 Å². The van der Waals surface area contributed by atoms with Crippen molar-refractivity contribution in [3.63, 3.8) is 0 Å². The standard InChI is InChI=1S/C42H49NO8S/c1-5-41(22-25-49-29-32-12-7-6-8-13-32)20-11-23-43(30-41)24-21-42(35-14-9-10-15-36(35)50-40(42)44)28-33-26-37(47-3)39(38(27-33)48-4)51-52(45,46)34-18-16-31(2)17-19-34/h6-10,12-19,26-27H,5,11,20-25,28-30H2,1-4H3/t41?,42-/m1/s1. The van der Waals surface area contributed by atoms with E-state index >= 15 is 0 Å². The van der Waals surface area contributed by atoms with Crippen molar-refractivity contribution in [3.05, 3.63) is 113 Å². The molecule has 2 atom stereocenters. The Labute approximate surface area is 307 Å². The van der Waals surface area contributed by atoms with Gasteiger partial charge in [0.15, 0.2) is 11.5 Å². The van der Waals surface area contributed by atoms with Gasteiger partial charge in [0.25, 0.3) is 0 Å². The third-order valence-electron chi connectivity index (χ3n) is 10.8. The summed E-state index contributed by atoms with van der Waals surface area (Å²) in [5.41, 5.74) is 2.83. The van der Waals surface area contributed by atoms with Gasteiger partial charge in [0, 0.05) is 18.7 Å². The van der Waals surface area contributed by atoms with E-state index in [1.165, 1.54) is 31.9 Å². The second-order valence-electron chi connectivity index (χ2n) is 14.1. The fourth-order valence-electron chi connectivity index (χ4n) is 7.65.